The number of hydrogen-bond donors (Lipinski definition) is 2. The van der Waals surface area contributed by atoms with Gasteiger partial charge in [0.1, 0.15) is 11.6 Å². The number of carbonyl (C=O) groups is 1. The van der Waals surface area contributed by atoms with Gasteiger partial charge in [0.25, 0.3) is 5.69 Å². The van der Waals surface area contributed by atoms with Gasteiger partial charge in [0.15, 0.2) is 5.78 Å². The highest BCUT2D eigenvalue weighted by Crippen LogP contribution is 2.48. The number of rotatable bonds is 4. The molecule has 1 atom stereocenters. The van der Waals surface area contributed by atoms with Gasteiger partial charge in [-0.25, -0.2) is 0 Å². The van der Waals surface area contributed by atoms with Gasteiger partial charge in [-0.1, -0.05) is 54.1 Å². The number of aliphatic hydroxyl groups excluding tert-OH is 1. The molecule has 0 aromatic heterocycles. The normalized spacial score (nSPS) is 19.2. The Balaban J connectivity index is 1.83. The van der Waals surface area contributed by atoms with Gasteiger partial charge >= 0.3 is 0 Å². The van der Waals surface area contributed by atoms with Crippen molar-refractivity contribution in [3.05, 3.63) is 122 Å². The summed E-state index contributed by atoms with van der Waals surface area (Å²) in [5.74, 6) is -1.08. The Morgan fingerprint density at radius 3 is 2.44 bits per heavy atom. The van der Waals surface area contributed by atoms with Gasteiger partial charge in [-0.05, 0) is 42.7 Å². The molecule has 2 aliphatic rings. The number of non-ortho nitro benzene ring substituents is 1. The topological polar surface area (TPSA) is 108 Å². The fourth-order valence-electron chi connectivity index (χ4n) is 4.97. The van der Waals surface area contributed by atoms with Crippen LogP contribution in [-0.4, -0.2) is 21.6 Å². The Hall–Kier alpha value is -4.23. The molecule has 3 aromatic rings. The summed E-state index contributed by atoms with van der Waals surface area (Å²) in [6.07, 6.45) is 1.50. The van der Waals surface area contributed by atoms with E-state index in [-0.39, 0.29) is 28.6 Å². The lowest BCUT2D eigenvalue weighted by molar-refractivity contribution is -0.384. The van der Waals surface area contributed by atoms with E-state index in [1.54, 1.807) is 65.6 Å². The molecule has 1 unspecified atom stereocenters. The lowest BCUT2D eigenvalue weighted by Gasteiger charge is -2.41. The number of nitrogens with zero attached hydrogens (tertiary/aromatic N) is 2. The summed E-state index contributed by atoms with van der Waals surface area (Å²) in [6.45, 7) is 0. The first-order chi connectivity index (χ1) is 17.4. The molecule has 0 bridgehead atoms. The number of hydrogen-bond acceptors (Lipinski definition) is 5. The molecule has 7 nitrogen and oxygen atoms in total. The van der Waals surface area contributed by atoms with E-state index >= 15 is 0 Å². The van der Waals surface area contributed by atoms with Crippen LogP contribution in [0, 0.1) is 15.5 Å². The van der Waals surface area contributed by atoms with E-state index in [0.717, 1.165) is 0 Å². The highest BCUT2D eigenvalue weighted by atomic mass is 35.5. The van der Waals surface area contributed by atoms with Crippen molar-refractivity contribution in [1.82, 2.24) is 0 Å². The predicted octanol–water partition coefficient (Wildman–Crippen LogP) is 6.81. The molecule has 180 valence electrons. The summed E-state index contributed by atoms with van der Waals surface area (Å²) in [5, 5.41) is 32.9. The van der Waals surface area contributed by atoms with Crippen LogP contribution in [0.1, 0.15) is 36.3 Å². The van der Waals surface area contributed by atoms with Crippen LogP contribution in [0.5, 0.6) is 0 Å². The SMILES string of the molecule is N=C1/C(=C(/O)c2ccccc2)C(c2cccc([N+](=O)[O-])c2)C2=C(CCCC2=O)N1c1ccc(Cl)cc1. The zero-order valence-corrected chi connectivity index (χ0v) is 19.9. The zero-order chi connectivity index (χ0) is 25.4. The zero-order valence-electron chi connectivity index (χ0n) is 19.1. The summed E-state index contributed by atoms with van der Waals surface area (Å²) in [7, 11) is 0. The predicted molar refractivity (Wildman–Crippen MR) is 139 cm³/mol. The molecular weight excluding hydrogens is 478 g/mol. The molecule has 3 aromatic carbocycles. The van der Waals surface area contributed by atoms with Crippen molar-refractivity contribution in [2.45, 2.75) is 25.2 Å². The van der Waals surface area contributed by atoms with E-state index in [4.69, 9.17) is 11.6 Å². The quantitative estimate of drug-likeness (QED) is 0.233. The molecule has 0 saturated carbocycles. The monoisotopic (exact) mass is 499 g/mol. The lowest BCUT2D eigenvalue weighted by Crippen LogP contribution is -2.42. The molecule has 0 fully saturated rings. The fraction of sp³-hybridized carbons (Fsp3) is 0.143. The lowest BCUT2D eigenvalue weighted by atomic mass is 9.73. The van der Waals surface area contributed by atoms with Crippen LogP contribution in [0.2, 0.25) is 5.02 Å². The van der Waals surface area contributed by atoms with Crippen LogP contribution >= 0.6 is 11.6 Å². The number of halogens is 1. The average Bonchev–Trinajstić information content (AvgIpc) is 2.89. The number of carbonyl (C=O) groups excluding carboxylic acids is 1. The molecule has 8 heteroatoms. The highest BCUT2D eigenvalue weighted by Gasteiger charge is 2.43. The average molecular weight is 500 g/mol. The number of aliphatic hydroxyl groups is 1. The minimum absolute atomic E-state index is 0.00336. The second-order valence-corrected chi connectivity index (χ2v) is 9.15. The van der Waals surface area contributed by atoms with Crippen LogP contribution in [0.4, 0.5) is 11.4 Å². The minimum Gasteiger partial charge on any atom is -0.507 e. The van der Waals surface area contributed by atoms with Gasteiger partial charge < -0.3 is 5.11 Å². The second-order valence-electron chi connectivity index (χ2n) is 8.71. The number of Topliss-reactive ketones (excluding diaryl/α,β-unsaturated/α-hetero) is 1. The van der Waals surface area contributed by atoms with E-state index < -0.39 is 10.8 Å². The first kappa shape index (κ1) is 23.5. The van der Waals surface area contributed by atoms with E-state index in [1.165, 1.54) is 12.1 Å². The summed E-state index contributed by atoms with van der Waals surface area (Å²) in [5.41, 5.74) is 2.81. The van der Waals surface area contributed by atoms with Crippen molar-refractivity contribution < 1.29 is 14.8 Å². The van der Waals surface area contributed by atoms with Gasteiger partial charge in [0, 0.05) is 57.6 Å². The maximum Gasteiger partial charge on any atom is 0.269 e. The molecule has 5 rings (SSSR count). The molecule has 36 heavy (non-hydrogen) atoms. The Morgan fingerprint density at radius 1 is 1.03 bits per heavy atom. The van der Waals surface area contributed by atoms with Crippen LogP contribution in [0.15, 0.2) is 95.7 Å². The van der Waals surface area contributed by atoms with Crippen molar-refractivity contribution in [2.24, 2.45) is 0 Å². The van der Waals surface area contributed by atoms with Crippen molar-refractivity contribution in [3.8, 4) is 0 Å². The van der Waals surface area contributed by atoms with Gasteiger partial charge in [0.05, 0.1) is 4.92 Å². The molecule has 0 radical (unpaired) electrons. The minimum atomic E-state index is -0.830. The first-order valence-electron chi connectivity index (χ1n) is 11.5. The molecule has 1 heterocycles. The van der Waals surface area contributed by atoms with Crippen LogP contribution in [0.3, 0.4) is 0 Å². The number of ketones is 1. The second kappa shape index (κ2) is 9.43. The summed E-state index contributed by atoms with van der Waals surface area (Å²) >= 11 is 6.11. The smallest absolute Gasteiger partial charge is 0.269 e. The first-order valence-corrected chi connectivity index (χ1v) is 11.9. The van der Waals surface area contributed by atoms with Gasteiger partial charge in [-0.2, -0.15) is 0 Å². The van der Waals surface area contributed by atoms with E-state index in [0.29, 0.717) is 52.4 Å². The van der Waals surface area contributed by atoms with Crippen LogP contribution < -0.4 is 4.90 Å². The van der Waals surface area contributed by atoms with E-state index in [1.807, 2.05) is 6.07 Å². The molecule has 1 aliphatic heterocycles. The Labute approximate surface area is 212 Å². The number of allylic oxidation sites excluding steroid dienone is 2. The number of nitrogens with one attached hydrogen (secondary N) is 1. The molecule has 0 spiro atoms. The third-order valence-corrected chi connectivity index (χ3v) is 6.81. The molecule has 0 amide bonds. The van der Waals surface area contributed by atoms with Gasteiger partial charge in [-0.3, -0.25) is 25.2 Å². The van der Waals surface area contributed by atoms with Crippen LogP contribution in [0.25, 0.3) is 5.76 Å². The summed E-state index contributed by atoms with van der Waals surface area (Å²) < 4.78 is 0. The molecule has 1 aliphatic carbocycles. The largest absolute Gasteiger partial charge is 0.507 e. The van der Waals surface area contributed by atoms with Gasteiger partial charge in [0.2, 0.25) is 0 Å². The fourth-order valence-corrected chi connectivity index (χ4v) is 5.10. The highest BCUT2D eigenvalue weighted by molar-refractivity contribution is 6.30. The number of nitro groups is 1. The summed E-state index contributed by atoms with van der Waals surface area (Å²) in [6, 6.07) is 21.8. The third-order valence-electron chi connectivity index (χ3n) is 6.56. The van der Waals surface area contributed by atoms with Gasteiger partial charge in [-0.15, -0.1) is 0 Å². The Bertz CT molecular complexity index is 1450. The Kier molecular flexibility index (Phi) is 6.16. The Morgan fingerprint density at radius 2 is 1.75 bits per heavy atom. The maximum absolute atomic E-state index is 13.5. The van der Waals surface area contributed by atoms with E-state index in [9.17, 15) is 25.4 Å². The number of nitro benzene ring substituents is 1. The van der Waals surface area contributed by atoms with Crippen LogP contribution in [-0.2, 0) is 4.79 Å². The van der Waals surface area contributed by atoms with Crippen molar-refractivity contribution in [2.75, 3.05) is 4.90 Å². The number of anilines is 1. The maximum atomic E-state index is 13.5. The summed E-state index contributed by atoms with van der Waals surface area (Å²) in [4.78, 5) is 26.2. The third kappa shape index (κ3) is 4.07. The standard InChI is InChI=1S/C28H22ClN3O4/c29-19-12-14-20(15-13-19)31-22-10-5-11-23(33)25(22)24(18-8-4-9-21(16-18)32(35)36)26(28(31)30)27(34)17-6-2-1-3-7-17/h1-4,6-9,12-16,24,30,34H,5,10-11H2/b27-26+,30-28?. The number of benzene rings is 3. The molecule has 0 saturated heterocycles. The molecular formula is C28H22ClN3O4. The van der Waals surface area contributed by atoms with Crippen molar-refractivity contribution in [3.63, 3.8) is 0 Å². The van der Waals surface area contributed by atoms with Crippen molar-refractivity contribution in [1.29, 1.82) is 5.41 Å². The number of amidine groups is 1. The van der Waals surface area contributed by atoms with E-state index in [2.05, 4.69) is 0 Å². The molecule has 2 N–H and O–H groups in total. The van der Waals surface area contributed by atoms with Crippen molar-refractivity contribution >= 4 is 40.4 Å².